The van der Waals surface area contributed by atoms with Crippen LogP contribution in [0.5, 0.6) is 0 Å². The first-order valence-electron chi connectivity index (χ1n) is 8.14. The van der Waals surface area contributed by atoms with Gasteiger partial charge in [-0.15, -0.1) is 11.3 Å². The van der Waals surface area contributed by atoms with E-state index in [1.807, 2.05) is 0 Å². The second kappa shape index (κ2) is 7.41. The summed E-state index contributed by atoms with van der Waals surface area (Å²) in [6, 6.07) is 4.32. The normalized spacial score (nSPS) is 24.0. The van der Waals surface area contributed by atoms with E-state index in [1.165, 1.54) is 4.88 Å². The molecule has 0 bridgehead atoms. The number of piperidine rings is 1. The number of amides is 1. The maximum absolute atomic E-state index is 13.0. The minimum atomic E-state index is -0.211. The summed E-state index contributed by atoms with van der Waals surface area (Å²) in [6.07, 6.45) is 4.13. The zero-order valence-electron chi connectivity index (χ0n) is 13.4. The molecule has 2 unspecified atom stereocenters. The van der Waals surface area contributed by atoms with Crippen LogP contribution < -0.4 is 10.6 Å². The highest BCUT2D eigenvalue weighted by atomic mass is 32.1. The Morgan fingerprint density at radius 2 is 2.33 bits per heavy atom. The van der Waals surface area contributed by atoms with Gasteiger partial charge in [0.1, 0.15) is 0 Å². The second-order valence-electron chi connectivity index (χ2n) is 6.52. The number of hydrogen-bond donors (Lipinski definition) is 2. The molecule has 1 amide bonds. The number of nitrogens with one attached hydrogen (secondary N) is 2. The summed E-state index contributed by atoms with van der Waals surface area (Å²) in [4.78, 5) is 14.2. The van der Waals surface area contributed by atoms with E-state index >= 15 is 0 Å². The quantitative estimate of drug-likeness (QED) is 0.840. The maximum atomic E-state index is 13.0. The van der Waals surface area contributed by atoms with Gasteiger partial charge in [0, 0.05) is 11.4 Å². The molecule has 4 heteroatoms. The minimum Gasteiger partial charge on any atom is -0.348 e. The van der Waals surface area contributed by atoms with Crippen molar-refractivity contribution in [3.63, 3.8) is 0 Å². The first kappa shape index (κ1) is 16.5. The fraction of sp³-hybridized carbons (Fsp3) is 0.706. The summed E-state index contributed by atoms with van der Waals surface area (Å²) in [5.41, 5.74) is -0.211. The molecule has 2 atom stereocenters. The van der Waals surface area contributed by atoms with Crippen LogP contribution in [0.3, 0.4) is 0 Å². The summed E-state index contributed by atoms with van der Waals surface area (Å²) < 4.78 is 0. The van der Waals surface area contributed by atoms with Crippen LogP contribution in [0.25, 0.3) is 0 Å². The van der Waals surface area contributed by atoms with Crippen LogP contribution in [0.15, 0.2) is 17.5 Å². The predicted molar refractivity (Wildman–Crippen MR) is 89.5 cm³/mol. The van der Waals surface area contributed by atoms with Crippen molar-refractivity contribution in [1.29, 1.82) is 0 Å². The van der Waals surface area contributed by atoms with Gasteiger partial charge in [-0.05, 0) is 43.2 Å². The molecule has 0 aromatic carbocycles. The zero-order valence-corrected chi connectivity index (χ0v) is 14.3. The number of hydrogen-bond acceptors (Lipinski definition) is 3. The highest BCUT2D eigenvalue weighted by molar-refractivity contribution is 7.10. The van der Waals surface area contributed by atoms with Crippen molar-refractivity contribution in [2.24, 2.45) is 11.3 Å². The van der Waals surface area contributed by atoms with Gasteiger partial charge >= 0.3 is 0 Å². The van der Waals surface area contributed by atoms with Crippen LogP contribution in [0.1, 0.15) is 57.4 Å². The van der Waals surface area contributed by atoms with Crippen molar-refractivity contribution >= 4 is 17.2 Å². The number of thiophene rings is 1. The molecule has 21 heavy (non-hydrogen) atoms. The molecule has 1 saturated heterocycles. The molecule has 1 fully saturated rings. The van der Waals surface area contributed by atoms with E-state index in [-0.39, 0.29) is 17.4 Å². The Morgan fingerprint density at radius 1 is 1.52 bits per heavy atom. The van der Waals surface area contributed by atoms with Gasteiger partial charge in [-0.2, -0.15) is 0 Å². The molecule has 0 saturated carbocycles. The minimum absolute atomic E-state index is 0.133. The maximum Gasteiger partial charge on any atom is 0.228 e. The standard InChI is InChI=1S/C17H28N2OS/c1-4-8-17(9-6-10-18-12-17)16(20)19-15(13(2)3)14-7-5-11-21-14/h5,7,11,13,15,18H,4,6,8-10,12H2,1-3H3,(H,19,20). The predicted octanol–water partition coefficient (Wildman–Crippen LogP) is 3.73. The molecule has 0 aliphatic carbocycles. The Kier molecular flexibility index (Phi) is 5.82. The largest absolute Gasteiger partial charge is 0.348 e. The average molecular weight is 308 g/mol. The van der Waals surface area contributed by atoms with E-state index in [0.29, 0.717) is 5.92 Å². The van der Waals surface area contributed by atoms with Gasteiger partial charge in [0.25, 0.3) is 0 Å². The molecule has 1 aromatic heterocycles. The second-order valence-corrected chi connectivity index (χ2v) is 7.50. The molecule has 0 radical (unpaired) electrons. The molecule has 1 aliphatic heterocycles. The monoisotopic (exact) mass is 308 g/mol. The molecule has 1 aromatic rings. The SMILES string of the molecule is CCCC1(C(=O)NC(c2cccs2)C(C)C)CCCNC1. The highest BCUT2D eigenvalue weighted by Gasteiger charge is 2.39. The van der Waals surface area contributed by atoms with Gasteiger partial charge in [-0.25, -0.2) is 0 Å². The molecule has 2 N–H and O–H groups in total. The highest BCUT2D eigenvalue weighted by Crippen LogP contribution is 2.34. The van der Waals surface area contributed by atoms with Crippen LogP contribution in [0, 0.1) is 11.3 Å². The van der Waals surface area contributed by atoms with E-state index in [0.717, 1.165) is 38.8 Å². The van der Waals surface area contributed by atoms with E-state index in [4.69, 9.17) is 0 Å². The van der Waals surface area contributed by atoms with Crippen LogP contribution in [-0.2, 0) is 4.79 Å². The molecule has 118 valence electrons. The Morgan fingerprint density at radius 3 is 2.86 bits per heavy atom. The average Bonchev–Trinajstić information content (AvgIpc) is 2.99. The lowest BCUT2D eigenvalue weighted by atomic mass is 9.76. The molecule has 2 rings (SSSR count). The van der Waals surface area contributed by atoms with Gasteiger partial charge < -0.3 is 10.6 Å². The van der Waals surface area contributed by atoms with Crippen LogP contribution in [0.2, 0.25) is 0 Å². The van der Waals surface area contributed by atoms with Crippen molar-refractivity contribution in [3.8, 4) is 0 Å². The van der Waals surface area contributed by atoms with Crippen LogP contribution in [-0.4, -0.2) is 19.0 Å². The van der Waals surface area contributed by atoms with Crippen molar-refractivity contribution in [1.82, 2.24) is 10.6 Å². The fourth-order valence-corrected chi connectivity index (χ4v) is 4.25. The third-order valence-corrected chi connectivity index (χ3v) is 5.44. The summed E-state index contributed by atoms with van der Waals surface area (Å²) in [5, 5.41) is 8.85. The lowest BCUT2D eigenvalue weighted by molar-refractivity contribution is -0.133. The van der Waals surface area contributed by atoms with E-state index in [9.17, 15) is 4.79 Å². The number of carbonyl (C=O) groups excluding carboxylic acids is 1. The smallest absolute Gasteiger partial charge is 0.228 e. The Balaban J connectivity index is 2.13. The lowest BCUT2D eigenvalue weighted by Gasteiger charge is -2.38. The Hall–Kier alpha value is -0.870. The van der Waals surface area contributed by atoms with E-state index in [1.54, 1.807) is 11.3 Å². The summed E-state index contributed by atoms with van der Waals surface area (Å²) >= 11 is 1.73. The van der Waals surface area contributed by atoms with Crippen molar-refractivity contribution < 1.29 is 4.79 Å². The molecule has 0 spiro atoms. The number of rotatable bonds is 6. The summed E-state index contributed by atoms with van der Waals surface area (Å²) in [5.74, 6) is 0.645. The third kappa shape index (κ3) is 3.86. The van der Waals surface area contributed by atoms with E-state index in [2.05, 4.69) is 48.9 Å². The molecule has 1 aliphatic rings. The van der Waals surface area contributed by atoms with Crippen LogP contribution in [0.4, 0.5) is 0 Å². The van der Waals surface area contributed by atoms with Gasteiger partial charge in [-0.1, -0.05) is 33.3 Å². The van der Waals surface area contributed by atoms with Gasteiger partial charge in [0.2, 0.25) is 5.91 Å². The molecular formula is C17H28N2OS. The van der Waals surface area contributed by atoms with Gasteiger partial charge in [0.15, 0.2) is 0 Å². The molecule has 2 heterocycles. The lowest BCUT2D eigenvalue weighted by Crippen LogP contribution is -2.51. The summed E-state index contributed by atoms with van der Waals surface area (Å²) in [7, 11) is 0. The fourth-order valence-electron chi connectivity index (χ4n) is 3.30. The van der Waals surface area contributed by atoms with E-state index < -0.39 is 0 Å². The van der Waals surface area contributed by atoms with Crippen molar-refractivity contribution in [3.05, 3.63) is 22.4 Å². The molecule has 3 nitrogen and oxygen atoms in total. The third-order valence-electron chi connectivity index (χ3n) is 4.49. The van der Waals surface area contributed by atoms with Crippen LogP contribution >= 0.6 is 11.3 Å². The van der Waals surface area contributed by atoms with Crippen molar-refractivity contribution in [2.45, 2.75) is 52.5 Å². The molecular weight excluding hydrogens is 280 g/mol. The van der Waals surface area contributed by atoms with Gasteiger partial charge in [0.05, 0.1) is 11.5 Å². The topological polar surface area (TPSA) is 41.1 Å². The summed E-state index contributed by atoms with van der Waals surface area (Å²) in [6.45, 7) is 8.38. The van der Waals surface area contributed by atoms with Gasteiger partial charge in [-0.3, -0.25) is 4.79 Å². The zero-order chi connectivity index (χ0) is 15.3. The number of carbonyl (C=O) groups is 1. The Bertz CT molecular complexity index is 430. The first-order valence-corrected chi connectivity index (χ1v) is 9.02. The first-order chi connectivity index (χ1) is 10.1. The van der Waals surface area contributed by atoms with Crippen molar-refractivity contribution in [2.75, 3.05) is 13.1 Å². The Labute approximate surface area is 132 Å².